The van der Waals surface area contributed by atoms with E-state index in [1.807, 2.05) is 18.7 Å². The molecule has 0 bridgehead atoms. The second-order valence-electron chi connectivity index (χ2n) is 3.93. The van der Waals surface area contributed by atoms with E-state index in [2.05, 4.69) is 9.98 Å². The van der Waals surface area contributed by atoms with E-state index in [1.165, 1.54) is 12.4 Å². The Labute approximate surface area is 100 Å². The van der Waals surface area contributed by atoms with Crippen molar-refractivity contribution in [2.24, 2.45) is 9.98 Å². The van der Waals surface area contributed by atoms with E-state index in [4.69, 9.17) is 0 Å². The average molecular weight is 242 g/mol. The van der Waals surface area contributed by atoms with Crippen molar-refractivity contribution in [3.63, 3.8) is 0 Å². The van der Waals surface area contributed by atoms with E-state index in [0.29, 0.717) is 6.54 Å². The molecule has 1 aliphatic heterocycles. The Morgan fingerprint density at radius 3 is 2.35 bits per heavy atom. The van der Waals surface area contributed by atoms with Crippen molar-refractivity contribution in [2.45, 2.75) is 32.2 Å². The Bertz CT molecular complexity index is 314. The molecule has 0 amide bonds. The number of hydrogen-bond acceptors (Lipinski definition) is 6. The first kappa shape index (κ1) is 13.7. The number of aliphatic imine (C=N–C) groups is 2. The summed E-state index contributed by atoms with van der Waals surface area (Å²) in [6.45, 7) is 5.95. The molecule has 1 heterocycles. The number of likely N-dealkylation sites (N-methyl/N-ethyl adjacent to an activating group) is 1. The molecule has 0 aromatic rings. The van der Waals surface area contributed by atoms with Gasteiger partial charge in [0, 0.05) is 19.0 Å². The summed E-state index contributed by atoms with van der Waals surface area (Å²) < 4.78 is 0. The molecule has 0 saturated heterocycles. The third-order valence-corrected chi connectivity index (χ3v) is 2.79. The maximum atomic E-state index is 10.9. The minimum Gasteiger partial charge on any atom is -0.391 e. The summed E-state index contributed by atoms with van der Waals surface area (Å²) in [5.74, 6) is -1.72. The highest BCUT2D eigenvalue weighted by atomic mass is 16.6. The SMILES string of the molecule is CCN(CC)CC(O)CC1([N+](=O)[O-])N=CC=N1. The predicted octanol–water partition coefficient (Wildman–Crippen LogP) is 0.165. The lowest BCUT2D eigenvalue weighted by Crippen LogP contribution is -2.41. The van der Waals surface area contributed by atoms with Crippen molar-refractivity contribution in [3.05, 3.63) is 10.1 Å². The minimum atomic E-state index is -1.72. The Balaban J connectivity index is 2.60. The fourth-order valence-corrected chi connectivity index (χ4v) is 1.77. The van der Waals surface area contributed by atoms with Gasteiger partial charge in [-0.25, -0.2) is 0 Å². The zero-order chi connectivity index (χ0) is 12.9. The number of nitro groups is 1. The highest BCUT2D eigenvalue weighted by Gasteiger charge is 2.45. The second kappa shape index (κ2) is 5.83. The van der Waals surface area contributed by atoms with Gasteiger partial charge in [-0.1, -0.05) is 13.8 Å². The molecule has 0 aromatic carbocycles. The van der Waals surface area contributed by atoms with Crippen molar-refractivity contribution < 1.29 is 10.0 Å². The largest absolute Gasteiger partial charge is 0.414 e. The number of nitrogens with zero attached hydrogens (tertiary/aromatic N) is 4. The van der Waals surface area contributed by atoms with Gasteiger partial charge in [-0.3, -0.25) is 10.1 Å². The topological polar surface area (TPSA) is 91.3 Å². The van der Waals surface area contributed by atoms with Crippen LogP contribution >= 0.6 is 0 Å². The van der Waals surface area contributed by atoms with Gasteiger partial charge in [-0.05, 0) is 13.1 Å². The fraction of sp³-hybridized carbons (Fsp3) is 0.800. The standard InChI is InChI=1S/C10H18N4O3/c1-3-13(4-2)8-9(15)7-10(14(16)17)11-5-6-12-10/h5-6,9,15H,3-4,7-8H2,1-2H3. The zero-order valence-corrected chi connectivity index (χ0v) is 10.1. The summed E-state index contributed by atoms with van der Waals surface area (Å²) in [4.78, 5) is 19.9. The van der Waals surface area contributed by atoms with Crippen LogP contribution in [0.1, 0.15) is 20.3 Å². The first-order chi connectivity index (χ1) is 8.04. The Hall–Kier alpha value is -1.34. The lowest BCUT2D eigenvalue weighted by Gasteiger charge is -2.23. The first-order valence-electron chi connectivity index (χ1n) is 5.68. The minimum absolute atomic E-state index is 0.0938. The molecule has 17 heavy (non-hydrogen) atoms. The van der Waals surface area contributed by atoms with Gasteiger partial charge in [0.2, 0.25) is 0 Å². The third-order valence-electron chi connectivity index (χ3n) is 2.79. The number of rotatable bonds is 7. The van der Waals surface area contributed by atoms with Gasteiger partial charge >= 0.3 is 5.79 Å². The van der Waals surface area contributed by atoms with E-state index in [-0.39, 0.29) is 6.42 Å². The van der Waals surface area contributed by atoms with Crippen molar-refractivity contribution in [2.75, 3.05) is 19.6 Å². The summed E-state index contributed by atoms with van der Waals surface area (Å²) in [6, 6.07) is 0. The molecule has 0 radical (unpaired) electrons. The molecular weight excluding hydrogens is 224 g/mol. The maximum Gasteiger partial charge on any atom is 0.414 e. The fourth-order valence-electron chi connectivity index (χ4n) is 1.77. The van der Waals surface area contributed by atoms with Crippen molar-refractivity contribution in [1.29, 1.82) is 0 Å². The maximum absolute atomic E-state index is 10.9. The van der Waals surface area contributed by atoms with Crippen LogP contribution in [0.15, 0.2) is 9.98 Å². The highest BCUT2D eigenvalue weighted by Crippen LogP contribution is 2.23. The van der Waals surface area contributed by atoms with E-state index in [1.54, 1.807) is 0 Å². The molecule has 1 unspecified atom stereocenters. The van der Waals surface area contributed by atoms with E-state index in [0.717, 1.165) is 13.1 Å². The molecule has 1 aliphatic rings. The first-order valence-corrected chi connectivity index (χ1v) is 5.68. The van der Waals surface area contributed by atoms with Crippen molar-refractivity contribution >= 4 is 12.4 Å². The summed E-state index contributed by atoms with van der Waals surface area (Å²) >= 11 is 0. The Morgan fingerprint density at radius 1 is 1.41 bits per heavy atom. The predicted molar refractivity (Wildman–Crippen MR) is 65.1 cm³/mol. The smallest absolute Gasteiger partial charge is 0.391 e. The molecule has 0 saturated carbocycles. The summed E-state index contributed by atoms with van der Waals surface area (Å²) in [6.07, 6.45) is 1.69. The van der Waals surface area contributed by atoms with Crippen molar-refractivity contribution in [1.82, 2.24) is 4.90 Å². The van der Waals surface area contributed by atoms with Gasteiger partial charge in [0.25, 0.3) is 0 Å². The van der Waals surface area contributed by atoms with Gasteiger partial charge < -0.3 is 10.0 Å². The molecule has 7 heteroatoms. The Morgan fingerprint density at radius 2 is 1.94 bits per heavy atom. The van der Waals surface area contributed by atoms with Crippen LogP contribution in [0.4, 0.5) is 0 Å². The molecule has 7 nitrogen and oxygen atoms in total. The number of aliphatic hydroxyl groups excluding tert-OH is 1. The van der Waals surface area contributed by atoms with E-state index in [9.17, 15) is 15.2 Å². The molecule has 0 fully saturated rings. The van der Waals surface area contributed by atoms with E-state index >= 15 is 0 Å². The van der Waals surface area contributed by atoms with Crippen LogP contribution in [0, 0.1) is 10.1 Å². The summed E-state index contributed by atoms with van der Waals surface area (Å²) in [5, 5.41) is 20.8. The van der Waals surface area contributed by atoms with Crippen molar-refractivity contribution in [3.8, 4) is 0 Å². The van der Waals surface area contributed by atoms with Gasteiger partial charge in [0.05, 0.1) is 17.4 Å². The van der Waals surface area contributed by atoms with Gasteiger partial charge in [0.15, 0.2) is 0 Å². The van der Waals surface area contributed by atoms with Gasteiger partial charge in [-0.2, -0.15) is 9.98 Å². The van der Waals surface area contributed by atoms with Gasteiger partial charge in [-0.15, -0.1) is 0 Å². The molecule has 1 N–H and O–H groups in total. The lowest BCUT2D eigenvalue weighted by atomic mass is 10.1. The number of hydrogen-bond donors (Lipinski definition) is 1. The van der Waals surface area contributed by atoms with Crippen LogP contribution in [0.2, 0.25) is 0 Å². The molecule has 96 valence electrons. The van der Waals surface area contributed by atoms with Crippen LogP contribution < -0.4 is 0 Å². The lowest BCUT2D eigenvalue weighted by molar-refractivity contribution is -0.568. The van der Waals surface area contributed by atoms with Crippen LogP contribution in [-0.4, -0.2) is 58.9 Å². The molecule has 1 atom stereocenters. The van der Waals surface area contributed by atoms with Crippen LogP contribution in [0.5, 0.6) is 0 Å². The molecule has 1 rings (SSSR count). The normalized spacial score (nSPS) is 18.8. The second-order valence-corrected chi connectivity index (χ2v) is 3.93. The van der Waals surface area contributed by atoms with Crippen LogP contribution in [0.3, 0.4) is 0 Å². The third kappa shape index (κ3) is 3.31. The molecular formula is C10H18N4O3. The zero-order valence-electron chi connectivity index (χ0n) is 10.1. The molecule has 0 aliphatic carbocycles. The van der Waals surface area contributed by atoms with Crippen LogP contribution in [0.25, 0.3) is 0 Å². The quantitative estimate of drug-likeness (QED) is 0.508. The van der Waals surface area contributed by atoms with Gasteiger partial charge in [0.1, 0.15) is 0 Å². The number of aliphatic hydroxyl groups is 1. The molecule has 0 aromatic heterocycles. The highest BCUT2D eigenvalue weighted by molar-refractivity contribution is 6.17. The monoisotopic (exact) mass is 242 g/mol. The average Bonchev–Trinajstić information content (AvgIpc) is 2.75. The Kier molecular flexibility index (Phi) is 4.71. The van der Waals surface area contributed by atoms with E-state index < -0.39 is 16.8 Å². The summed E-state index contributed by atoms with van der Waals surface area (Å²) in [7, 11) is 0. The van der Waals surface area contributed by atoms with Crippen LogP contribution in [-0.2, 0) is 0 Å². The summed E-state index contributed by atoms with van der Waals surface area (Å²) in [5.41, 5.74) is 0. The molecule has 0 spiro atoms.